The molecule has 0 bridgehead atoms. The van der Waals surface area contributed by atoms with Gasteiger partial charge in [0.25, 0.3) is 11.8 Å². The normalized spacial score (nSPS) is 10.6. The highest BCUT2D eigenvalue weighted by molar-refractivity contribution is 6.34. The lowest BCUT2D eigenvalue weighted by Crippen LogP contribution is -2.27. The molecule has 79 heavy (non-hydrogen) atoms. The van der Waals surface area contributed by atoms with Gasteiger partial charge in [-0.15, -0.1) is 13.2 Å². The standard InChI is InChI=1S/C31H25ClFN7O4.C23H17ClFN7O3/c1-3-14-40-18-24(20-6-8-21(33)9-7-20)28(41)27(39-40)30(42)38-22-16-36-31(37-17-22)44-25-12-13-34-29(26(25)32)35-15-19-4-10-23(43-2)11-5-19;1-2-9-32-12-16(13-3-5-14(25)6-4-13)20(33)19(31-32)22(34)30-15-10-28-23(29-11-15)35-17-7-8-27-21(26)18(17)24/h3-13,16-18H,1,14-15H2,2H3,(H,34,35)(H,38,42);2-8,10-12H,1,9H2,(H2,26,27)(H,30,34). The number of nitrogen functional groups attached to an aromatic ring is 1. The van der Waals surface area contributed by atoms with Gasteiger partial charge in [0, 0.05) is 54.6 Å². The highest BCUT2D eigenvalue weighted by atomic mass is 35.5. The summed E-state index contributed by atoms with van der Waals surface area (Å²) >= 11 is 12.5. The summed E-state index contributed by atoms with van der Waals surface area (Å²) in [6.45, 7) is 8.26. The van der Waals surface area contributed by atoms with Crippen LogP contribution in [0, 0.1) is 11.6 Å². The van der Waals surface area contributed by atoms with E-state index in [1.165, 1.54) is 114 Å². The van der Waals surface area contributed by atoms with Gasteiger partial charge in [-0.05, 0) is 53.1 Å². The van der Waals surface area contributed by atoms with Gasteiger partial charge in [0.2, 0.25) is 10.9 Å². The highest BCUT2D eigenvalue weighted by Gasteiger charge is 2.21. The van der Waals surface area contributed by atoms with Gasteiger partial charge in [-0.3, -0.25) is 28.5 Å². The molecule has 0 aliphatic heterocycles. The quantitative estimate of drug-likeness (QED) is 0.0582. The second-order valence-electron chi connectivity index (χ2n) is 16.3. The minimum absolute atomic E-state index is 0.0398. The van der Waals surface area contributed by atoms with Crippen LogP contribution in [0.15, 0.2) is 169 Å². The van der Waals surface area contributed by atoms with E-state index in [2.05, 4.69) is 69.2 Å². The van der Waals surface area contributed by atoms with E-state index in [0.29, 0.717) is 23.5 Å². The maximum Gasteiger partial charge on any atom is 0.322 e. The second-order valence-corrected chi connectivity index (χ2v) is 17.0. The molecule has 2 amide bonds. The topological polar surface area (TPSA) is 271 Å². The van der Waals surface area contributed by atoms with E-state index in [1.807, 2.05) is 24.3 Å². The largest absolute Gasteiger partial charge is 0.497 e. The first-order chi connectivity index (χ1) is 38.2. The van der Waals surface area contributed by atoms with Crippen LogP contribution >= 0.6 is 23.2 Å². The summed E-state index contributed by atoms with van der Waals surface area (Å²) in [5.41, 5.74) is 6.25. The number of methoxy groups -OCH3 is 1. The van der Waals surface area contributed by atoms with E-state index < -0.39 is 34.3 Å². The van der Waals surface area contributed by atoms with Crippen LogP contribution in [-0.2, 0) is 19.6 Å². The molecule has 0 radical (unpaired) electrons. The van der Waals surface area contributed by atoms with Gasteiger partial charge in [0.15, 0.2) is 22.9 Å². The molecule has 0 fully saturated rings. The van der Waals surface area contributed by atoms with Crippen LogP contribution in [-0.4, -0.2) is 68.4 Å². The Morgan fingerprint density at radius 3 is 1.52 bits per heavy atom. The number of rotatable bonds is 18. The number of nitrogens with two attached hydrogens (primary N) is 1. The first kappa shape index (κ1) is 55.0. The maximum atomic E-state index is 13.4. The molecule has 3 aromatic carbocycles. The highest BCUT2D eigenvalue weighted by Crippen LogP contribution is 2.33. The van der Waals surface area contributed by atoms with Crippen molar-refractivity contribution in [1.82, 2.24) is 49.5 Å². The molecule has 25 heteroatoms. The Bertz CT molecular complexity index is 3800. The number of carbonyl (C=O) groups is 2. The van der Waals surface area contributed by atoms with E-state index in [9.17, 15) is 28.0 Å². The average molecular weight is 1110 g/mol. The second kappa shape index (κ2) is 25.5. The summed E-state index contributed by atoms with van der Waals surface area (Å²) in [4.78, 5) is 76.6. The third-order valence-electron chi connectivity index (χ3n) is 10.8. The van der Waals surface area contributed by atoms with E-state index in [0.717, 1.165) is 11.3 Å². The van der Waals surface area contributed by atoms with Crippen LogP contribution in [0.4, 0.5) is 31.8 Å². The van der Waals surface area contributed by atoms with E-state index in [-0.39, 0.29) is 86.4 Å². The number of aromatic nitrogens is 10. The molecule has 0 saturated heterocycles. The van der Waals surface area contributed by atoms with Crippen LogP contribution < -0.4 is 46.8 Å². The third-order valence-corrected chi connectivity index (χ3v) is 11.6. The monoisotopic (exact) mass is 1110 g/mol. The van der Waals surface area contributed by atoms with Crippen molar-refractivity contribution in [3.63, 3.8) is 0 Å². The van der Waals surface area contributed by atoms with Crippen molar-refractivity contribution in [2.75, 3.05) is 28.8 Å². The molecule has 9 rings (SSSR count). The maximum absolute atomic E-state index is 13.4. The molecule has 9 aromatic rings. The lowest BCUT2D eigenvalue weighted by Gasteiger charge is -2.12. The molecule has 0 atom stereocenters. The van der Waals surface area contributed by atoms with Gasteiger partial charge in [-0.1, -0.05) is 71.8 Å². The van der Waals surface area contributed by atoms with Crippen molar-refractivity contribution in [3.8, 4) is 51.5 Å². The number of carbonyl (C=O) groups excluding carboxylic acids is 2. The minimum Gasteiger partial charge on any atom is -0.497 e. The van der Waals surface area contributed by atoms with Gasteiger partial charge >= 0.3 is 12.0 Å². The van der Waals surface area contributed by atoms with Crippen molar-refractivity contribution in [2.24, 2.45) is 0 Å². The molecule has 398 valence electrons. The fourth-order valence-electron chi connectivity index (χ4n) is 7.02. The molecule has 6 aromatic heterocycles. The first-order valence-electron chi connectivity index (χ1n) is 23.2. The molecular weight excluding hydrogens is 1070 g/mol. The summed E-state index contributed by atoms with van der Waals surface area (Å²) in [7, 11) is 1.60. The van der Waals surface area contributed by atoms with E-state index >= 15 is 0 Å². The zero-order valence-electron chi connectivity index (χ0n) is 41.3. The number of hydrogen-bond acceptors (Lipinski definition) is 17. The molecular formula is C54H42Cl2F2N14O7. The van der Waals surface area contributed by atoms with Crippen molar-refractivity contribution < 1.29 is 32.6 Å². The van der Waals surface area contributed by atoms with E-state index in [4.69, 9.17) is 43.1 Å². The Hall–Kier alpha value is -10.3. The molecule has 5 N–H and O–H groups in total. The summed E-state index contributed by atoms with van der Waals surface area (Å²) in [6.07, 6.45) is 14.2. The molecule has 0 saturated carbocycles. The number of anilines is 4. The zero-order valence-corrected chi connectivity index (χ0v) is 42.8. The van der Waals surface area contributed by atoms with Crippen LogP contribution in [0.3, 0.4) is 0 Å². The summed E-state index contributed by atoms with van der Waals surface area (Å²) < 4.78 is 46.0. The third kappa shape index (κ3) is 14.0. The van der Waals surface area contributed by atoms with Crippen molar-refractivity contribution >= 4 is 58.0 Å². The average Bonchev–Trinajstić information content (AvgIpc) is 3.48. The van der Waals surface area contributed by atoms with Crippen molar-refractivity contribution in [3.05, 3.63) is 219 Å². The number of halogens is 4. The molecule has 0 spiro atoms. The predicted molar refractivity (Wildman–Crippen MR) is 292 cm³/mol. The van der Waals surface area contributed by atoms with Crippen LogP contribution in [0.25, 0.3) is 22.3 Å². The Balaban J connectivity index is 0.000000214. The fraction of sp³-hybridized carbons (Fsp3) is 0.0741. The Kier molecular flexibility index (Phi) is 17.8. The number of nitrogens with one attached hydrogen (secondary N) is 3. The number of pyridine rings is 2. The Labute approximate surface area is 457 Å². The van der Waals surface area contributed by atoms with Gasteiger partial charge in [-0.25, -0.2) is 38.7 Å². The Morgan fingerprint density at radius 1 is 0.633 bits per heavy atom. The summed E-state index contributed by atoms with van der Waals surface area (Å²) in [5, 5.41) is 16.8. The number of hydrogen-bond donors (Lipinski definition) is 4. The lowest BCUT2D eigenvalue weighted by atomic mass is 10.1. The number of benzene rings is 3. The van der Waals surface area contributed by atoms with Crippen LogP contribution in [0.2, 0.25) is 10.0 Å². The van der Waals surface area contributed by atoms with Crippen molar-refractivity contribution in [2.45, 2.75) is 19.6 Å². The van der Waals surface area contributed by atoms with Crippen LogP contribution in [0.1, 0.15) is 26.5 Å². The number of ether oxygens (including phenoxy) is 3. The Morgan fingerprint density at radius 2 is 1.08 bits per heavy atom. The van der Waals surface area contributed by atoms with Crippen molar-refractivity contribution in [1.29, 1.82) is 0 Å². The van der Waals surface area contributed by atoms with Gasteiger partial charge in [0.05, 0.1) is 56.4 Å². The van der Waals surface area contributed by atoms with Crippen LogP contribution in [0.5, 0.6) is 29.3 Å². The van der Waals surface area contributed by atoms with Gasteiger partial charge in [-0.2, -0.15) is 10.2 Å². The van der Waals surface area contributed by atoms with E-state index in [1.54, 1.807) is 25.3 Å². The molecule has 21 nitrogen and oxygen atoms in total. The van der Waals surface area contributed by atoms with Gasteiger partial charge < -0.3 is 35.9 Å². The number of amides is 2. The fourth-order valence-corrected chi connectivity index (χ4v) is 7.38. The molecule has 0 aliphatic rings. The smallest absolute Gasteiger partial charge is 0.322 e. The van der Waals surface area contributed by atoms with Gasteiger partial charge in [0.1, 0.15) is 39.1 Å². The zero-order chi connectivity index (χ0) is 56.0. The number of allylic oxidation sites excluding steroid dienone is 2. The summed E-state index contributed by atoms with van der Waals surface area (Å²) in [6, 6.07) is 21.2. The minimum atomic E-state index is -0.779. The number of nitrogens with zero attached hydrogens (tertiary/aromatic N) is 10. The lowest BCUT2D eigenvalue weighted by molar-refractivity contribution is 0.101. The SMILES string of the molecule is C=CCn1cc(-c2ccc(F)cc2)c(=O)c(C(=O)Nc2cnc(Oc3ccnc(N)c3Cl)nc2)n1.C=CCn1cc(-c2ccc(F)cc2)c(=O)c(C(=O)Nc2cnc(Oc3ccnc(NCc4ccc(OC)cc4)c3Cl)nc2)n1. The predicted octanol–water partition coefficient (Wildman–Crippen LogP) is 9.44. The molecule has 0 aliphatic carbocycles. The first-order valence-corrected chi connectivity index (χ1v) is 24.0. The molecule has 6 heterocycles. The summed E-state index contributed by atoms with van der Waals surface area (Å²) in [5.74, 6) is -0.738. The molecule has 0 unspecified atom stereocenters.